The van der Waals surface area contributed by atoms with E-state index in [0.29, 0.717) is 16.5 Å². The van der Waals surface area contributed by atoms with Gasteiger partial charge in [-0.3, -0.25) is 4.79 Å². The molecule has 122 valence electrons. The standard InChI is InChI=1S/C15H13Cl3N2O3/c1-8-3-4-13(23-8)9(2)19-20-15(21)7-22-14-6-11(17)10(16)5-12(14)18/h3-6H,7H2,1-2H3,(H,20,21)/b19-9+. The second-order valence-corrected chi connectivity index (χ2v) is 5.85. The molecule has 0 saturated heterocycles. The molecule has 2 aromatic rings. The number of aryl methyl sites for hydroxylation is 1. The summed E-state index contributed by atoms with van der Waals surface area (Å²) in [6.07, 6.45) is 0. The van der Waals surface area contributed by atoms with Gasteiger partial charge in [-0.1, -0.05) is 34.8 Å². The fourth-order valence-electron chi connectivity index (χ4n) is 1.62. The number of nitrogens with zero attached hydrogens (tertiary/aromatic N) is 1. The van der Waals surface area contributed by atoms with Crippen molar-refractivity contribution in [1.29, 1.82) is 0 Å². The molecule has 0 saturated carbocycles. The molecule has 0 atom stereocenters. The number of carbonyl (C=O) groups excluding carboxylic acids is 1. The Morgan fingerprint density at radius 1 is 1.22 bits per heavy atom. The van der Waals surface area contributed by atoms with Crippen LogP contribution in [0, 0.1) is 6.92 Å². The van der Waals surface area contributed by atoms with Crippen molar-refractivity contribution in [3.05, 3.63) is 50.9 Å². The largest absolute Gasteiger partial charge is 0.482 e. The van der Waals surface area contributed by atoms with Gasteiger partial charge < -0.3 is 9.15 Å². The third-order valence-electron chi connectivity index (χ3n) is 2.78. The molecule has 1 N–H and O–H groups in total. The molecule has 1 aromatic heterocycles. The van der Waals surface area contributed by atoms with E-state index < -0.39 is 5.91 Å². The number of hydrogen-bond acceptors (Lipinski definition) is 4. The highest BCUT2D eigenvalue weighted by Gasteiger charge is 2.10. The molecule has 1 amide bonds. The van der Waals surface area contributed by atoms with E-state index in [1.807, 2.05) is 13.0 Å². The molecule has 8 heteroatoms. The summed E-state index contributed by atoms with van der Waals surface area (Å²) in [5, 5.41) is 4.79. The van der Waals surface area contributed by atoms with Crippen LogP contribution in [0.1, 0.15) is 18.4 Å². The second kappa shape index (κ2) is 7.73. The summed E-state index contributed by atoms with van der Waals surface area (Å²) in [5.41, 5.74) is 2.91. The predicted octanol–water partition coefficient (Wildman–Crippen LogP) is 4.47. The molecular weight excluding hydrogens is 363 g/mol. The number of nitrogens with one attached hydrogen (secondary N) is 1. The first kappa shape index (κ1) is 17.7. The second-order valence-electron chi connectivity index (χ2n) is 4.63. The molecular formula is C15H13Cl3N2O3. The first-order chi connectivity index (χ1) is 10.9. The van der Waals surface area contributed by atoms with E-state index in [9.17, 15) is 4.79 Å². The zero-order chi connectivity index (χ0) is 17.0. The Kier molecular flexibility index (Phi) is 5.93. The number of carbonyl (C=O) groups is 1. The molecule has 23 heavy (non-hydrogen) atoms. The Morgan fingerprint density at radius 2 is 1.91 bits per heavy atom. The SMILES string of the molecule is C/C(=N\NC(=O)COc1cc(Cl)c(Cl)cc1Cl)c1ccc(C)o1. The lowest BCUT2D eigenvalue weighted by Gasteiger charge is -2.08. The zero-order valence-corrected chi connectivity index (χ0v) is 14.6. The molecule has 0 aliphatic carbocycles. The molecule has 0 bridgehead atoms. The van der Waals surface area contributed by atoms with Crippen LogP contribution in [0.25, 0.3) is 0 Å². The quantitative estimate of drug-likeness (QED) is 0.476. The zero-order valence-electron chi connectivity index (χ0n) is 12.3. The van der Waals surface area contributed by atoms with Gasteiger partial charge in [0.25, 0.3) is 5.91 Å². The van der Waals surface area contributed by atoms with Crippen molar-refractivity contribution < 1.29 is 13.9 Å². The summed E-state index contributed by atoms with van der Waals surface area (Å²) in [6, 6.07) is 6.47. The van der Waals surface area contributed by atoms with Gasteiger partial charge in [0.05, 0.1) is 15.1 Å². The fraction of sp³-hybridized carbons (Fsp3) is 0.200. The third kappa shape index (κ3) is 4.89. The van der Waals surface area contributed by atoms with E-state index in [2.05, 4.69) is 10.5 Å². The lowest BCUT2D eigenvalue weighted by Crippen LogP contribution is -2.25. The van der Waals surface area contributed by atoms with Crippen LogP contribution >= 0.6 is 34.8 Å². The van der Waals surface area contributed by atoms with Crippen LogP contribution in [-0.2, 0) is 4.79 Å². The van der Waals surface area contributed by atoms with Gasteiger partial charge in [-0.2, -0.15) is 5.10 Å². The topological polar surface area (TPSA) is 63.8 Å². The average molecular weight is 376 g/mol. The molecule has 0 radical (unpaired) electrons. The summed E-state index contributed by atoms with van der Waals surface area (Å²) in [6.45, 7) is 3.27. The number of hydrogen-bond donors (Lipinski definition) is 1. The highest BCUT2D eigenvalue weighted by molar-refractivity contribution is 6.43. The lowest BCUT2D eigenvalue weighted by atomic mass is 10.3. The number of halogens is 3. The lowest BCUT2D eigenvalue weighted by molar-refractivity contribution is -0.123. The number of ether oxygens (including phenoxy) is 1. The first-order valence-electron chi connectivity index (χ1n) is 6.54. The summed E-state index contributed by atoms with van der Waals surface area (Å²) in [4.78, 5) is 11.7. The molecule has 2 rings (SSSR count). The van der Waals surface area contributed by atoms with Gasteiger partial charge in [-0.05, 0) is 32.0 Å². The van der Waals surface area contributed by atoms with Crippen molar-refractivity contribution in [2.45, 2.75) is 13.8 Å². The molecule has 0 unspecified atom stereocenters. The van der Waals surface area contributed by atoms with E-state index in [1.54, 1.807) is 13.0 Å². The number of benzene rings is 1. The molecule has 0 aliphatic rings. The number of amides is 1. The van der Waals surface area contributed by atoms with Gasteiger partial charge in [0.15, 0.2) is 6.61 Å². The van der Waals surface area contributed by atoms with Gasteiger partial charge in [-0.25, -0.2) is 5.43 Å². The van der Waals surface area contributed by atoms with Crippen LogP contribution in [0.15, 0.2) is 33.8 Å². The number of furan rings is 1. The molecule has 1 aromatic carbocycles. The summed E-state index contributed by atoms with van der Waals surface area (Å²) in [7, 11) is 0. The van der Waals surface area contributed by atoms with E-state index >= 15 is 0 Å². The van der Waals surface area contributed by atoms with Gasteiger partial charge >= 0.3 is 0 Å². The maximum Gasteiger partial charge on any atom is 0.277 e. The van der Waals surface area contributed by atoms with Crippen LogP contribution in [-0.4, -0.2) is 18.2 Å². The van der Waals surface area contributed by atoms with Gasteiger partial charge in [0.2, 0.25) is 0 Å². The van der Waals surface area contributed by atoms with Crippen LogP contribution in [0.4, 0.5) is 0 Å². The predicted molar refractivity (Wildman–Crippen MR) is 90.8 cm³/mol. The fourth-order valence-corrected chi connectivity index (χ4v) is 2.21. The smallest absolute Gasteiger partial charge is 0.277 e. The highest BCUT2D eigenvalue weighted by Crippen LogP contribution is 2.33. The van der Waals surface area contributed by atoms with Crippen molar-refractivity contribution in [1.82, 2.24) is 5.43 Å². The highest BCUT2D eigenvalue weighted by atomic mass is 35.5. The molecule has 0 aliphatic heterocycles. The normalized spacial score (nSPS) is 11.4. The van der Waals surface area contributed by atoms with Crippen molar-refractivity contribution >= 4 is 46.4 Å². The Labute approximate surface area is 148 Å². The molecule has 5 nitrogen and oxygen atoms in total. The van der Waals surface area contributed by atoms with Crippen molar-refractivity contribution in [3.8, 4) is 5.75 Å². The first-order valence-corrected chi connectivity index (χ1v) is 7.67. The van der Waals surface area contributed by atoms with E-state index in [-0.39, 0.29) is 22.4 Å². The van der Waals surface area contributed by atoms with Crippen molar-refractivity contribution in [2.75, 3.05) is 6.61 Å². The van der Waals surface area contributed by atoms with Gasteiger partial charge in [-0.15, -0.1) is 0 Å². The Hall–Kier alpha value is -1.69. The summed E-state index contributed by atoms with van der Waals surface area (Å²) < 4.78 is 10.7. The van der Waals surface area contributed by atoms with Gasteiger partial charge in [0.1, 0.15) is 23.0 Å². The summed E-state index contributed by atoms with van der Waals surface area (Å²) >= 11 is 17.6. The van der Waals surface area contributed by atoms with Crippen molar-refractivity contribution in [2.24, 2.45) is 5.10 Å². The maximum atomic E-state index is 11.7. The third-order valence-corrected chi connectivity index (χ3v) is 3.80. The van der Waals surface area contributed by atoms with Crippen LogP contribution in [0.5, 0.6) is 5.75 Å². The molecule has 1 heterocycles. The summed E-state index contributed by atoms with van der Waals surface area (Å²) in [5.74, 6) is 1.16. The minimum atomic E-state index is -0.449. The van der Waals surface area contributed by atoms with Crippen LogP contribution in [0.2, 0.25) is 15.1 Å². The molecule has 0 fully saturated rings. The minimum Gasteiger partial charge on any atom is -0.482 e. The molecule has 0 spiro atoms. The average Bonchev–Trinajstić information content (AvgIpc) is 2.93. The van der Waals surface area contributed by atoms with E-state index in [1.165, 1.54) is 12.1 Å². The van der Waals surface area contributed by atoms with Crippen molar-refractivity contribution in [3.63, 3.8) is 0 Å². The Balaban J connectivity index is 1.92. The minimum absolute atomic E-state index is 0.262. The van der Waals surface area contributed by atoms with Crippen LogP contribution in [0.3, 0.4) is 0 Å². The number of rotatable bonds is 5. The van der Waals surface area contributed by atoms with Crippen LogP contribution < -0.4 is 10.2 Å². The Morgan fingerprint density at radius 3 is 2.57 bits per heavy atom. The maximum absolute atomic E-state index is 11.7. The van der Waals surface area contributed by atoms with E-state index in [4.69, 9.17) is 44.0 Å². The monoisotopic (exact) mass is 374 g/mol. The Bertz CT molecular complexity index is 756. The van der Waals surface area contributed by atoms with E-state index in [0.717, 1.165) is 5.76 Å². The van der Waals surface area contributed by atoms with Gasteiger partial charge in [0, 0.05) is 6.07 Å². The number of hydrazone groups is 1.